The van der Waals surface area contributed by atoms with E-state index in [0.717, 1.165) is 29.9 Å². The number of halogens is 2. The van der Waals surface area contributed by atoms with Crippen LogP contribution in [-0.4, -0.2) is 9.38 Å². The zero-order valence-electron chi connectivity index (χ0n) is 12.7. The van der Waals surface area contributed by atoms with Crippen molar-refractivity contribution < 1.29 is 4.74 Å². The third-order valence-electron chi connectivity index (χ3n) is 4.08. The van der Waals surface area contributed by atoms with Crippen LogP contribution in [0, 0.1) is 0 Å². The molecule has 1 aromatic carbocycles. The summed E-state index contributed by atoms with van der Waals surface area (Å²) in [7, 11) is 0. The van der Waals surface area contributed by atoms with Crippen molar-refractivity contribution in [2.24, 2.45) is 0 Å². The Morgan fingerprint density at radius 2 is 2.04 bits per heavy atom. The van der Waals surface area contributed by atoms with Crippen LogP contribution >= 0.6 is 34.5 Å². The minimum absolute atomic E-state index is 0.0415. The van der Waals surface area contributed by atoms with Crippen LogP contribution in [0.25, 0.3) is 4.96 Å². The van der Waals surface area contributed by atoms with Gasteiger partial charge in [-0.05, 0) is 43.9 Å². The van der Waals surface area contributed by atoms with E-state index < -0.39 is 0 Å². The van der Waals surface area contributed by atoms with Crippen LogP contribution < -0.4 is 10.3 Å². The molecular formula is C17H14Cl2N2O2S. The smallest absolute Gasteiger partial charge is 0.259 e. The van der Waals surface area contributed by atoms with Crippen molar-refractivity contribution in [3.63, 3.8) is 0 Å². The lowest BCUT2D eigenvalue weighted by Crippen LogP contribution is -2.18. The summed E-state index contributed by atoms with van der Waals surface area (Å²) in [6.45, 7) is 0.190. The van der Waals surface area contributed by atoms with Gasteiger partial charge in [0.1, 0.15) is 12.4 Å². The Morgan fingerprint density at radius 1 is 1.21 bits per heavy atom. The fourth-order valence-electron chi connectivity index (χ4n) is 2.96. The van der Waals surface area contributed by atoms with Gasteiger partial charge in [-0.2, -0.15) is 0 Å². The first-order valence-electron chi connectivity index (χ1n) is 7.73. The van der Waals surface area contributed by atoms with E-state index in [2.05, 4.69) is 4.98 Å². The number of rotatable bonds is 3. The Balaban J connectivity index is 1.64. The maximum absolute atomic E-state index is 12.5. The summed E-state index contributed by atoms with van der Waals surface area (Å²) in [5.74, 6) is 0.522. The standard InChI is InChI=1S/C17H14Cl2N2O2S/c18-10-5-6-14(12(19)7-10)23-9-11-8-16(22)21-13-3-1-2-4-15(13)24-17(21)20-11/h5-8H,1-4,9H2. The van der Waals surface area contributed by atoms with E-state index in [1.54, 1.807) is 40.0 Å². The molecule has 7 heteroatoms. The summed E-state index contributed by atoms with van der Waals surface area (Å²) in [5.41, 5.74) is 1.69. The molecule has 2 heterocycles. The van der Waals surface area contributed by atoms with Gasteiger partial charge in [0.05, 0.1) is 10.7 Å². The summed E-state index contributed by atoms with van der Waals surface area (Å²) >= 11 is 13.6. The topological polar surface area (TPSA) is 43.6 Å². The van der Waals surface area contributed by atoms with Crippen LogP contribution in [0.1, 0.15) is 29.1 Å². The average Bonchev–Trinajstić information content (AvgIpc) is 2.92. The Hall–Kier alpha value is -1.56. The summed E-state index contributed by atoms with van der Waals surface area (Å²) in [5, 5.41) is 0.987. The van der Waals surface area contributed by atoms with Crippen LogP contribution in [0.15, 0.2) is 29.1 Å². The quantitative estimate of drug-likeness (QED) is 0.670. The third-order valence-corrected chi connectivity index (χ3v) is 5.76. The second kappa shape index (κ2) is 6.39. The SMILES string of the molecule is O=c1cc(COc2ccc(Cl)cc2Cl)nc2sc3c(n12)CCCC3. The van der Waals surface area contributed by atoms with Crippen molar-refractivity contribution in [1.82, 2.24) is 9.38 Å². The van der Waals surface area contributed by atoms with Gasteiger partial charge in [-0.15, -0.1) is 11.3 Å². The van der Waals surface area contributed by atoms with Crippen molar-refractivity contribution in [2.45, 2.75) is 32.3 Å². The number of ether oxygens (including phenoxy) is 1. The fraction of sp³-hybridized carbons (Fsp3) is 0.294. The molecule has 4 nitrogen and oxygen atoms in total. The van der Waals surface area contributed by atoms with Crippen molar-refractivity contribution >= 4 is 39.5 Å². The number of benzene rings is 1. The van der Waals surface area contributed by atoms with E-state index in [1.807, 2.05) is 0 Å². The van der Waals surface area contributed by atoms with Gasteiger partial charge in [0.15, 0.2) is 4.96 Å². The molecule has 0 radical (unpaired) electrons. The third kappa shape index (κ3) is 2.92. The molecule has 1 aliphatic rings. The van der Waals surface area contributed by atoms with Crippen molar-refractivity contribution in [2.75, 3.05) is 0 Å². The van der Waals surface area contributed by atoms with Crippen LogP contribution in [0.3, 0.4) is 0 Å². The molecule has 2 aromatic heterocycles. The number of thiazole rings is 1. The molecule has 24 heavy (non-hydrogen) atoms. The lowest BCUT2D eigenvalue weighted by Gasteiger charge is -2.10. The van der Waals surface area contributed by atoms with Crippen LogP contribution in [0.4, 0.5) is 0 Å². The minimum atomic E-state index is -0.0415. The Kier molecular flexibility index (Phi) is 4.24. The maximum Gasteiger partial charge on any atom is 0.259 e. The molecule has 0 amide bonds. The van der Waals surface area contributed by atoms with Gasteiger partial charge in [0, 0.05) is 21.7 Å². The summed E-state index contributed by atoms with van der Waals surface area (Å²) in [4.78, 5) is 19.1. The number of fused-ring (bicyclic) bond motifs is 3. The molecule has 0 N–H and O–H groups in total. The van der Waals surface area contributed by atoms with Crippen LogP contribution in [0.2, 0.25) is 10.0 Å². The van der Waals surface area contributed by atoms with E-state index >= 15 is 0 Å². The number of aryl methyl sites for hydroxylation is 2. The van der Waals surface area contributed by atoms with Crippen molar-refractivity contribution in [1.29, 1.82) is 0 Å². The highest BCUT2D eigenvalue weighted by molar-refractivity contribution is 7.17. The maximum atomic E-state index is 12.5. The number of hydrogen-bond acceptors (Lipinski definition) is 4. The fourth-order valence-corrected chi connectivity index (χ4v) is 4.65. The van der Waals surface area contributed by atoms with E-state index in [-0.39, 0.29) is 12.2 Å². The number of nitrogens with zero attached hydrogens (tertiary/aromatic N) is 2. The molecule has 0 spiro atoms. The summed E-state index contributed by atoms with van der Waals surface area (Å²) in [6.07, 6.45) is 4.30. The molecule has 0 bridgehead atoms. The molecule has 0 atom stereocenters. The molecule has 3 aromatic rings. The average molecular weight is 381 g/mol. The lowest BCUT2D eigenvalue weighted by atomic mass is 10.0. The normalized spacial score (nSPS) is 13.9. The monoisotopic (exact) mass is 380 g/mol. The highest BCUT2D eigenvalue weighted by Gasteiger charge is 2.18. The van der Waals surface area contributed by atoms with Crippen LogP contribution in [0.5, 0.6) is 5.75 Å². The lowest BCUT2D eigenvalue weighted by molar-refractivity contribution is 0.301. The molecule has 0 unspecified atom stereocenters. The molecule has 0 aliphatic heterocycles. The first kappa shape index (κ1) is 15.9. The second-order valence-electron chi connectivity index (χ2n) is 5.75. The van der Waals surface area contributed by atoms with Gasteiger partial charge < -0.3 is 4.74 Å². The molecule has 0 saturated heterocycles. The summed E-state index contributed by atoms with van der Waals surface area (Å²) in [6, 6.07) is 6.58. The summed E-state index contributed by atoms with van der Waals surface area (Å²) < 4.78 is 7.44. The number of hydrogen-bond donors (Lipinski definition) is 0. The number of aromatic nitrogens is 2. The zero-order valence-corrected chi connectivity index (χ0v) is 15.0. The Morgan fingerprint density at radius 3 is 2.88 bits per heavy atom. The van der Waals surface area contributed by atoms with Crippen molar-refractivity contribution in [3.8, 4) is 5.75 Å². The first-order chi connectivity index (χ1) is 11.6. The molecule has 0 fully saturated rings. The molecule has 124 valence electrons. The molecular weight excluding hydrogens is 367 g/mol. The van der Waals surface area contributed by atoms with E-state index in [4.69, 9.17) is 27.9 Å². The van der Waals surface area contributed by atoms with E-state index in [1.165, 1.54) is 11.3 Å². The van der Waals surface area contributed by atoms with Crippen LogP contribution in [-0.2, 0) is 19.4 Å². The van der Waals surface area contributed by atoms with Gasteiger partial charge in [0.2, 0.25) is 0 Å². The largest absolute Gasteiger partial charge is 0.486 e. The molecule has 1 aliphatic carbocycles. The molecule has 4 rings (SSSR count). The van der Waals surface area contributed by atoms with E-state index in [0.29, 0.717) is 21.5 Å². The van der Waals surface area contributed by atoms with Gasteiger partial charge >= 0.3 is 0 Å². The van der Waals surface area contributed by atoms with Gasteiger partial charge in [-0.3, -0.25) is 9.20 Å². The van der Waals surface area contributed by atoms with Gasteiger partial charge in [-0.25, -0.2) is 4.98 Å². The predicted molar refractivity (Wildman–Crippen MR) is 96.8 cm³/mol. The first-order valence-corrected chi connectivity index (χ1v) is 9.30. The minimum Gasteiger partial charge on any atom is -0.486 e. The zero-order chi connectivity index (χ0) is 16.7. The van der Waals surface area contributed by atoms with Gasteiger partial charge in [0.25, 0.3) is 5.56 Å². The molecule has 0 saturated carbocycles. The predicted octanol–water partition coefficient (Wildman–Crippen LogP) is 4.52. The van der Waals surface area contributed by atoms with E-state index in [9.17, 15) is 4.79 Å². The van der Waals surface area contributed by atoms with Crippen molar-refractivity contribution in [3.05, 3.63) is 60.9 Å². The Bertz CT molecular complexity index is 981. The second-order valence-corrected chi connectivity index (χ2v) is 7.65. The Labute approximate surface area is 152 Å². The highest BCUT2D eigenvalue weighted by atomic mass is 35.5. The van der Waals surface area contributed by atoms with Gasteiger partial charge in [-0.1, -0.05) is 23.2 Å². The highest BCUT2D eigenvalue weighted by Crippen LogP contribution is 2.29.